The summed E-state index contributed by atoms with van der Waals surface area (Å²) in [5, 5.41) is 2.76. The molecule has 2 rings (SSSR count). The van der Waals surface area contributed by atoms with Crippen LogP contribution in [0, 0.1) is 0 Å². The fraction of sp³-hybridized carbons (Fsp3) is 0.467. The van der Waals surface area contributed by atoms with E-state index in [0.717, 1.165) is 11.3 Å². The highest BCUT2D eigenvalue weighted by Gasteiger charge is 2.28. The van der Waals surface area contributed by atoms with Gasteiger partial charge < -0.3 is 15.0 Å². The number of carbonyl (C=O) groups excluding carboxylic acids is 2. The Morgan fingerprint density at radius 3 is 2.75 bits per heavy atom. The van der Waals surface area contributed by atoms with Gasteiger partial charge in [-0.3, -0.25) is 9.59 Å². The summed E-state index contributed by atoms with van der Waals surface area (Å²) in [6, 6.07) is 7.32. The molecular weight excluding hydrogens is 256 g/mol. The van der Waals surface area contributed by atoms with Gasteiger partial charge in [0.15, 0.2) is 0 Å². The molecule has 1 unspecified atom stereocenters. The lowest BCUT2D eigenvalue weighted by molar-refractivity contribution is -0.142. The van der Waals surface area contributed by atoms with Crippen molar-refractivity contribution in [3.63, 3.8) is 0 Å². The van der Waals surface area contributed by atoms with Crippen molar-refractivity contribution in [1.29, 1.82) is 0 Å². The molecule has 1 fully saturated rings. The van der Waals surface area contributed by atoms with Crippen molar-refractivity contribution in [1.82, 2.24) is 10.2 Å². The van der Waals surface area contributed by atoms with E-state index in [4.69, 9.17) is 4.74 Å². The molecular formula is C15H20N2O3. The zero-order chi connectivity index (χ0) is 14.5. The number of amides is 2. The van der Waals surface area contributed by atoms with Gasteiger partial charge in [0.05, 0.1) is 7.11 Å². The van der Waals surface area contributed by atoms with Crippen molar-refractivity contribution in [2.24, 2.45) is 0 Å². The molecule has 5 nitrogen and oxygen atoms in total. The number of carbonyl (C=O) groups is 2. The smallest absolute Gasteiger partial charge is 0.242 e. The van der Waals surface area contributed by atoms with Gasteiger partial charge in [-0.15, -0.1) is 0 Å². The Hall–Kier alpha value is -2.04. The number of benzene rings is 1. The van der Waals surface area contributed by atoms with E-state index in [1.165, 1.54) is 0 Å². The quantitative estimate of drug-likeness (QED) is 0.891. The highest BCUT2D eigenvalue weighted by atomic mass is 16.5. The Balaban J connectivity index is 1.89. The molecule has 1 heterocycles. The van der Waals surface area contributed by atoms with Gasteiger partial charge in [0, 0.05) is 19.5 Å². The van der Waals surface area contributed by atoms with Crippen molar-refractivity contribution >= 4 is 11.8 Å². The molecule has 1 N–H and O–H groups in total. The third-order valence-electron chi connectivity index (χ3n) is 3.61. The minimum absolute atomic E-state index is 0.0307. The first-order chi connectivity index (χ1) is 9.61. The van der Waals surface area contributed by atoms with E-state index in [0.29, 0.717) is 25.9 Å². The SMILES string of the molecule is COc1ccc(CCC(=O)N2CCNC(=O)C2C)cc1. The van der Waals surface area contributed by atoms with Crippen LogP contribution in [0.5, 0.6) is 5.75 Å². The molecule has 0 radical (unpaired) electrons. The van der Waals surface area contributed by atoms with Crippen LogP contribution in [-0.2, 0) is 16.0 Å². The van der Waals surface area contributed by atoms with E-state index in [-0.39, 0.29) is 17.9 Å². The van der Waals surface area contributed by atoms with Crippen molar-refractivity contribution in [2.75, 3.05) is 20.2 Å². The van der Waals surface area contributed by atoms with E-state index in [1.807, 2.05) is 24.3 Å². The summed E-state index contributed by atoms with van der Waals surface area (Å²) in [6.07, 6.45) is 1.09. The van der Waals surface area contributed by atoms with Gasteiger partial charge in [0.25, 0.3) is 0 Å². The van der Waals surface area contributed by atoms with Crippen LogP contribution in [0.15, 0.2) is 24.3 Å². The number of hydrogen-bond donors (Lipinski definition) is 1. The summed E-state index contributed by atoms with van der Waals surface area (Å²) < 4.78 is 5.10. The molecule has 0 bridgehead atoms. The molecule has 1 atom stereocenters. The van der Waals surface area contributed by atoms with Crippen LogP contribution in [0.3, 0.4) is 0 Å². The monoisotopic (exact) mass is 276 g/mol. The maximum absolute atomic E-state index is 12.2. The number of rotatable bonds is 4. The Labute approximate surface area is 118 Å². The lowest BCUT2D eigenvalue weighted by atomic mass is 10.1. The first kappa shape index (κ1) is 14.4. The lowest BCUT2D eigenvalue weighted by Gasteiger charge is -2.32. The average Bonchev–Trinajstić information content (AvgIpc) is 2.48. The third-order valence-corrected chi connectivity index (χ3v) is 3.61. The van der Waals surface area contributed by atoms with Gasteiger partial charge in [0.2, 0.25) is 11.8 Å². The first-order valence-electron chi connectivity index (χ1n) is 6.82. The summed E-state index contributed by atoms with van der Waals surface area (Å²) in [6.45, 7) is 2.89. The summed E-state index contributed by atoms with van der Waals surface area (Å²) in [5.74, 6) is 0.763. The maximum Gasteiger partial charge on any atom is 0.242 e. The number of ether oxygens (including phenoxy) is 1. The van der Waals surface area contributed by atoms with Crippen molar-refractivity contribution in [3.05, 3.63) is 29.8 Å². The van der Waals surface area contributed by atoms with Gasteiger partial charge in [-0.2, -0.15) is 0 Å². The second-order valence-electron chi connectivity index (χ2n) is 4.90. The van der Waals surface area contributed by atoms with Crippen molar-refractivity contribution < 1.29 is 14.3 Å². The van der Waals surface area contributed by atoms with Gasteiger partial charge in [-0.05, 0) is 31.0 Å². The van der Waals surface area contributed by atoms with E-state index in [9.17, 15) is 9.59 Å². The highest BCUT2D eigenvalue weighted by molar-refractivity contribution is 5.88. The molecule has 0 aliphatic carbocycles. The first-order valence-corrected chi connectivity index (χ1v) is 6.82. The highest BCUT2D eigenvalue weighted by Crippen LogP contribution is 2.14. The molecule has 0 aromatic heterocycles. The molecule has 1 saturated heterocycles. The average molecular weight is 276 g/mol. The summed E-state index contributed by atoms with van der Waals surface area (Å²) >= 11 is 0. The van der Waals surface area contributed by atoms with Crippen LogP contribution in [0.2, 0.25) is 0 Å². The second kappa shape index (κ2) is 6.41. The largest absolute Gasteiger partial charge is 0.497 e. The molecule has 1 aliphatic heterocycles. The molecule has 5 heteroatoms. The summed E-state index contributed by atoms with van der Waals surface area (Å²) in [7, 11) is 1.63. The minimum atomic E-state index is -0.368. The van der Waals surface area contributed by atoms with Gasteiger partial charge in [0.1, 0.15) is 11.8 Å². The van der Waals surface area contributed by atoms with Gasteiger partial charge >= 0.3 is 0 Å². The number of hydrogen-bond acceptors (Lipinski definition) is 3. The predicted octanol–water partition coefficient (Wildman–Crippen LogP) is 0.975. The van der Waals surface area contributed by atoms with E-state index < -0.39 is 0 Å². The number of aryl methyl sites for hydroxylation is 1. The molecule has 108 valence electrons. The normalized spacial score (nSPS) is 18.6. The number of piperazine rings is 1. The Kier molecular flexibility index (Phi) is 4.61. The molecule has 0 saturated carbocycles. The van der Waals surface area contributed by atoms with E-state index in [2.05, 4.69) is 5.32 Å². The molecule has 2 amide bonds. The topological polar surface area (TPSA) is 58.6 Å². The predicted molar refractivity (Wildman–Crippen MR) is 75.5 cm³/mol. The molecule has 1 aromatic carbocycles. The Bertz CT molecular complexity index is 484. The van der Waals surface area contributed by atoms with Crippen molar-refractivity contribution in [2.45, 2.75) is 25.8 Å². The van der Waals surface area contributed by atoms with E-state index >= 15 is 0 Å². The van der Waals surface area contributed by atoms with Crippen LogP contribution in [0.4, 0.5) is 0 Å². The molecule has 0 spiro atoms. The molecule has 1 aromatic rings. The van der Waals surface area contributed by atoms with Crippen LogP contribution in [0.1, 0.15) is 18.9 Å². The second-order valence-corrected chi connectivity index (χ2v) is 4.90. The molecule has 1 aliphatic rings. The fourth-order valence-corrected chi connectivity index (χ4v) is 2.31. The fourth-order valence-electron chi connectivity index (χ4n) is 2.31. The van der Waals surface area contributed by atoms with E-state index in [1.54, 1.807) is 18.9 Å². The third kappa shape index (κ3) is 3.29. The van der Waals surface area contributed by atoms with Crippen LogP contribution in [0.25, 0.3) is 0 Å². The standard InChI is InChI=1S/C15H20N2O3/c1-11-15(19)16-9-10-17(11)14(18)8-5-12-3-6-13(20-2)7-4-12/h3-4,6-7,11H,5,8-10H2,1-2H3,(H,16,19). The summed E-state index contributed by atoms with van der Waals surface area (Å²) in [5.41, 5.74) is 1.09. The Morgan fingerprint density at radius 2 is 2.10 bits per heavy atom. The van der Waals surface area contributed by atoms with Crippen LogP contribution in [-0.4, -0.2) is 43.0 Å². The maximum atomic E-state index is 12.2. The van der Waals surface area contributed by atoms with Gasteiger partial charge in [-0.25, -0.2) is 0 Å². The zero-order valence-electron chi connectivity index (χ0n) is 11.9. The number of methoxy groups -OCH3 is 1. The van der Waals surface area contributed by atoms with Crippen LogP contribution >= 0.6 is 0 Å². The van der Waals surface area contributed by atoms with Crippen LogP contribution < -0.4 is 10.1 Å². The lowest BCUT2D eigenvalue weighted by Crippen LogP contribution is -2.55. The summed E-state index contributed by atoms with van der Waals surface area (Å²) in [4.78, 5) is 25.4. The zero-order valence-corrected chi connectivity index (χ0v) is 11.9. The van der Waals surface area contributed by atoms with Gasteiger partial charge in [-0.1, -0.05) is 12.1 Å². The van der Waals surface area contributed by atoms with Crippen molar-refractivity contribution in [3.8, 4) is 5.75 Å². The molecule has 20 heavy (non-hydrogen) atoms. The Morgan fingerprint density at radius 1 is 1.40 bits per heavy atom. The number of nitrogens with zero attached hydrogens (tertiary/aromatic N) is 1. The number of nitrogens with one attached hydrogen (secondary N) is 1. The minimum Gasteiger partial charge on any atom is -0.497 e.